The molecule has 1 N–H and O–H groups in total. The number of anilines is 1. The highest BCUT2D eigenvalue weighted by Gasteiger charge is 2.02. The van der Waals surface area contributed by atoms with E-state index in [0.717, 1.165) is 14.6 Å². The third-order valence-electron chi connectivity index (χ3n) is 1.42. The molecule has 0 fully saturated rings. The van der Waals surface area contributed by atoms with Crippen LogP contribution in [0.2, 0.25) is 0 Å². The number of benzene rings is 1. The Bertz CT molecular complexity index is 305. The maximum atomic E-state index is 5.64. The molecule has 1 aromatic rings. The van der Waals surface area contributed by atoms with Gasteiger partial charge in [-0.15, -0.1) is 0 Å². The molecule has 1 aromatic carbocycles. The van der Waals surface area contributed by atoms with Crippen LogP contribution >= 0.6 is 43.5 Å². The van der Waals surface area contributed by atoms with Crippen molar-refractivity contribution in [2.24, 2.45) is 0 Å². The molecule has 0 radical (unpaired) electrons. The maximum absolute atomic E-state index is 5.64. The van der Waals surface area contributed by atoms with Gasteiger partial charge < -0.3 is 5.32 Å². The van der Waals surface area contributed by atoms with Gasteiger partial charge in [-0.25, -0.2) is 0 Å². The first-order valence-corrected chi connectivity index (χ1v) is 5.59. The fourth-order valence-electron chi connectivity index (χ4n) is 0.851. The molecule has 13 heavy (non-hydrogen) atoms. The van der Waals surface area contributed by atoms with Crippen LogP contribution in [0.25, 0.3) is 0 Å². The topological polar surface area (TPSA) is 12.0 Å². The van der Waals surface area contributed by atoms with Crippen LogP contribution < -0.4 is 5.32 Å². The van der Waals surface area contributed by atoms with Crippen LogP contribution in [0.4, 0.5) is 5.69 Å². The van der Waals surface area contributed by atoms with Gasteiger partial charge in [-0.3, -0.25) is 0 Å². The highest BCUT2D eigenvalue weighted by atomic mass is 79.9. The fraction of sp³-hybridized carbons (Fsp3) is 0.111. The summed E-state index contributed by atoms with van der Waals surface area (Å²) >= 11 is 12.5. The van der Waals surface area contributed by atoms with E-state index >= 15 is 0 Å². The van der Waals surface area contributed by atoms with Gasteiger partial charge in [0.1, 0.15) is 0 Å². The van der Waals surface area contributed by atoms with Crippen molar-refractivity contribution in [3.8, 4) is 0 Å². The van der Waals surface area contributed by atoms with E-state index in [1.54, 1.807) is 0 Å². The lowest BCUT2D eigenvalue weighted by Gasteiger charge is -2.09. The van der Waals surface area contributed by atoms with Crippen LogP contribution in [0, 0.1) is 0 Å². The van der Waals surface area contributed by atoms with E-state index in [0.29, 0.717) is 11.6 Å². The zero-order valence-electron chi connectivity index (χ0n) is 6.78. The molecule has 0 unspecified atom stereocenters. The van der Waals surface area contributed by atoms with Crippen molar-refractivity contribution in [3.05, 3.63) is 38.8 Å². The number of rotatable bonds is 3. The van der Waals surface area contributed by atoms with Crippen LogP contribution in [-0.4, -0.2) is 6.54 Å². The highest BCUT2D eigenvalue weighted by molar-refractivity contribution is 9.11. The van der Waals surface area contributed by atoms with Crippen LogP contribution in [-0.2, 0) is 0 Å². The normalized spacial score (nSPS) is 9.77. The van der Waals surface area contributed by atoms with E-state index in [-0.39, 0.29) is 0 Å². The minimum Gasteiger partial charge on any atom is -0.378 e. The van der Waals surface area contributed by atoms with Gasteiger partial charge in [0.25, 0.3) is 0 Å². The number of halogens is 3. The van der Waals surface area contributed by atoms with Gasteiger partial charge in [-0.05, 0) is 44.0 Å². The van der Waals surface area contributed by atoms with Crippen molar-refractivity contribution in [1.82, 2.24) is 0 Å². The van der Waals surface area contributed by atoms with Gasteiger partial charge in [0.05, 0.1) is 12.2 Å². The molecular weight excluding hydrogens is 317 g/mol. The number of hydrogen-bond acceptors (Lipinski definition) is 1. The van der Waals surface area contributed by atoms with Crippen LogP contribution in [0.15, 0.2) is 38.8 Å². The lowest BCUT2D eigenvalue weighted by atomic mass is 10.3. The predicted octanol–water partition coefficient (Wildman–Crippen LogP) is 4.38. The summed E-state index contributed by atoms with van der Waals surface area (Å²) in [6.07, 6.45) is 0. The Morgan fingerprint density at radius 1 is 1.38 bits per heavy atom. The highest BCUT2D eigenvalue weighted by Crippen LogP contribution is 2.30. The second-order valence-corrected chi connectivity index (χ2v) is 4.71. The first-order chi connectivity index (χ1) is 6.11. The predicted molar refractivity (Wildman–Crippen MR) is 65.3 cm³/mol. The van der Waals surface area contributed by atoms with Gasteiger partial charge in [0.15, 0.2) is 0 Å². The zero-order valence-corrected chi connectivity index (χ0v) is 10.7. The van der Waals surface area contributed by atoms with E-state index in [9.17, 15) is 0 Å². The molecule has 0 heterocycles. The quantitative estimate of drug-likeness (QED) is 0.870. The van der Waals surface area contributed by atoms with E-state index < -0.39 is 0 Å². The molecule has 0 saturated heterocycles. The van der Waals surface area contributed by atoms with Crippen LogP contribution in [0.3, 0.4) is 0 Å². The molecule has 4 heteroatoms. The molecule has 0 aliphatic rings. The number of hydrogen-bond donors (Lipinski definition) is 1. The second-order valence-electron chi connectivity index (χ2n) is 2.47. The second kappa shape index (κ2) is 5.03. The molecule has 0 aliphatic heterocycles. The Labute approximate surface area is 99.4 Å². The van der Waals surface area contributed by atoms with Crippen molar-refractivity contribution in [2.45, 2.75) is 0 Å². The number of para-hydroxylation sites is 1. The summed E-state index contributed by atoms with van der Waals surface area (Å²) in [5.74, 6) is 0. The monoisotopic (exact) mass is 323 g/mol. The smallest absolute Gasteiger partial charge is 0.0631 e. The third kappa shape index (κ3) is 3.33. The third-order valence-corrected chi connectivity index (χ3v) is 2.88. The Kier molecular flexibility index (Phi) is 4.29. The molecule has 0 atom stereocenters. The summed E-state index contributed by atoms with van der Waals surface area (Å²) in [7, 11) is 0. The van der Waals surface area contributed by atoms with Crippen molar-refractivity contribution < 1.29 is 0 Å². The van der Waals surface area contributed by atoms with Gasteiger partial charge in [0.2, 0.25) is 0 Å². The summed E-state index contributed by atoms with van der Waals surface area (Å²) in [6, 6.07) is 5.88. The van der Waals surface area contributed by atoms with Crippen molar-refractivity contribution in [1.29, 1.82) is 0 Å². The fourth-order valence-corrected chi connectivity index (χ4v) is 2.20. The SMILES string of the molecule is C=C(Cl)CNc1c(Br)cccc1Br. The van der Waals surface area contributed by atoms with E-state index in [1.807, 2.05) is 18.2 Å². The minimum atomic E-state index is 0.558. The van der Waals surface area contributed by atoms with E-state index in [4.69, 9.17) is 11.6 Å². The standard InChI is InChI=1S/C9H8Br2ClN/c1-6(12)5-13-9-7(10)3-2-4-8(9)11/h2-4,13H,1,5H2. The van der Waals surface area contributed by atoms with Crippen molar-refractivity contribution >= 4 is 49.1 Å². The minimum absolute atomic E-state index is 0.558. The average Bonchev–Trinajstić information content (AvgIpc) is 2.03. The first-order valence-electron chi connectivity index (χ1n) is 3.62. The number of nitrogens with one attached hydrogen (secondary N) is 1. The molecule has 0 amide bonds. The van der Waals surface area contributed by atoms with Gasteiger partial charge in [-0.1, -0.05) is 24.2 Å². The largest absolute Gasteiger partial charge is 0.378 e. The summed E-state index contributed by atoms with van der Waals surface area (Å²) in [4.78, 5) is 0. The maximum Gasteiger partial charge on any atom is 0.0631 e. The van der Waals surface area contributed by atoms with Crippen LogP contribution in [0.5, 0.6) is 0 Å². The molecule has 0 saturated carbocycles. The van der Waals surface area contributed by atoms with Crippen LogP contribution in [0.1, 0.15) is 0 Å². The van der Waals surface area contributed by atoms with Crippen molar-refractivity contribution in [2.75, 3.05) is 11.9 Å². The molecule has 0 aliphatic carbocycles. The van der Waals surface area contributed by atoms with Gasteiger partial charge in [0, 0.05) is 14.0 Å². The van der Waals surface area contributed by atoms with Crippen molar-refractivity contribution in [3.63, 3.8) is 0 Å². The average molecular weight is 325 g/mol. The Morgan fingerprint density at radius 3 is 2.38 bits per heavy atom. The lowest BCUT2D eigenvalue weighted by molar-refractivity contribution is 1.30. The molecule has 70 valence electrons. The molecule has 0 spiro atoms. The molecule has 0 bridgehead atoms. The summed E-state index contributed by atoms with van der Waals surface area (Å²) in [6.45, 7) is 4.16. The van der Waals surface area contributed by atoms with E-state index in [1.165, 1.54) is 0 Å². The van der Waals surface area contributed by atoms with E-state index in [2.05, 4.69) is 43.8 Å². The Balaban J connectivity index is 2.81. The summed E-state index contributed by atoms with van der Waals surface area (Å²) in [5, 5.41) is 3.74. The lowest BCUT2D eigenvalue weighted by Crippen LogP contribution is -2.01. The van der Waals surface area contributed by atoms with Gasteiger partial charge in [-0.2, -0.15) is 0 Å². The molecule has 1 nitrogen and oxygen atoms in total. The Hall–Kier alpha value is 0.01000. The molecular formula is C9H8Br2ClN. The summed E-state index contributed by atoms with van der Waals surface area (Å²) < 4.78 is 2.00. The van der Waals surface area contributed by atoms with Gasteiger partial charge >= 0.3 is 0 Å². The Morgan fingerprint density at radius 2 is 1.92 bits per heavy atom. The zero-order chi connectivity index (χ0) is 9.84. The summed E-state index contributed by atoms with van der Waals surface area (Å²) in [5.41, 5.74) is 0.990. The first kappa shape index (κ1) is 11.1. The molecule has 1 rings (SSSR count). The molecule has 0 aromatic heterocycles.